The molecule has 0 fully saturated rings. The molecular weight excluding hydrogens is 440 g/mol. The average Bonchev–Trinajstić information content (AvgIpc) is 3.09. The van der Waals surface area contributed by atoms with Crippen LogP contribution in [0.5, 0.6) is 5.75 Å². The van der Waals surface area contributed by atoms with Crippen LogP contribution in [0.15, 0.2) is 23.0 Å². The minimum atomic E-state index is -0.766. The Balaban J connectivity index is 1.81. The number of hydrogen-bond acceptors (Lipinski definition) is 7. The first-order valence-electron chi connectivity index (χ1n) is 11.1. The summed E-state index contributed by atoms with van der Waals surface area (Å²) in [6.07, 6.45) is 0. The van der Waals surface area contributed by atoms with Gasteiger partial charge in [-0.1, -0.05) is 13.8 Å². The number of benzene rings is 1. The molecular formula is C24H28N4O4S. The van der Waals surface area contributed by atoms with E-state index < -0.39 is 6.04 Å². The largest absolute Gasteiger partial charge is 0.482 e. The zero-order valence-corrected chi connectivity index (χ0v) is 20.3. The first-order chi connectivity index (χ1) is 15.7. The van der Waals surface area contributed by atoms with Crippen molar-refractivity contribution in [2.45, 2.75) is 47.2 Å². The monoisotopic (exact) mass is 468 g/mol. The number of thiophene rings is 1. The second kappa shape index (κ2) is 9.07. The van der Waals surface area contributed by atoms with Crippen molar-refractivity contribution >= 4 is 38.9 Å². The van der Waals surface area contributed by atoms with Crippen molar-refractivity contribution < 1.29 is 14.3 Å². The molecule has 0 radical (unpaired) electrons. The van der Waals surface area contributed by atoms with E-state index in [2.05, 4.69) is 24.1 Å². The van der Waals surface area contributed by atoms with Gasteiger partial charge in [0.1, 0.15) is 16.4 Å². The van der Waals surface area contributed by atoms with Crippen LogP contribution in [0.4, 0.5) is 5.69 Å². The van der Waals surface area contributed by atoms with Gasteiger partial charge in [-0.15, -0.1) is 11.3 Å². The SMILES string of the molecule is CCN(CC)Cc1nc2sc(C)c(C)c2c(=O)n1C(C)C(=O)c1ccc2c(c1)NC(=O)CO2. The van der Waals surface area contributed by atoms with Crippen molar-refractivity contribution in [3.05, 3.63) is 50.4 Å². The van der Waals surface area contributed by atoms with Gasteiger partial charge >= 0.3 is 0 Å². The summed E-state index contributed by atoms with van der Waals surface area (Å²) in [7, 11) is 0. The van der Waals surface area contributed by atoms with Crippen LogP contribution in [0.2, 0.25) is 0 Å². The number of Topliss-reactive ketones (excluding diaryl/α,β-unsaturated/α-hetero) is 1. The third kappa shape index (κ3) is 4.18. The standard InChI is InChI=1S/C24H28N4O4S/c1-6-27(7-2)11-19-26-23-21(13(3)15(5)33-23)24(31)28(19)14(4)22(30)16-8-9-18-17(10-16)25-20(29)12-32-18/h8-10,14H,6-7,11-12H2,1-5H3,(H,25,29). The molecule has 33 heavy (non-hydrogen) atoms. The van der Waals surface area contributed by atoms with Crippen LogP contribution >= 0.6 is 11.3 Å². The van der Waals surface area contributed by atoms with E-state index in [4.69, 9.17) is 9.72 Å². The number of nitrogens with zero attached hydrogens (tertiary/aromatic N) is 3. The van der Waals surface area contributed by atoms with Gasteiger partial charge in [0.15, 0.2) is 12.4 Å². The van der Waals surface area contributed by atoms with Gasteiger partial charge in [0.25, 0.3) is 11.5 Å². The highest BCUT2D eigenvalue weighted by Gasteiger charge is 2.26. The number of nitrogens with one attached hydrogen (secondary N) is 1. The molecule has 0 aliphatic carbocycles. The van der Waals surface area contributed by atoms with Crippen molar-refractivity contribution in [1.82, 2.24) is 14.5 Å². The number of ketones is 1. The highest BCUT2D eigenvalue weighted by Crippen LogP contribution is 2.31. The first-order valence-corrected chi connectivity index (χ1v) is 11.9. The Morgan fingerprint density at radius 3 is 2.70 bits per heavy atom. The summed E-state index contributed by atoms with van der Waals surface area (Å²) in [5, 5.41) is 3.31. The number of amides is 1. The van der Waals surface area contributed by atoms with Gasteiger partial charge in [0.05, 0.1) is 23.7 Å². The average molecular weight is 469 g/mol. The molecule has 4 rings (SSSR count). The van der Waals surface area contributed by atoms with Gasteiger partial charge in [-0.2, -0.15) is 0 Å². The third-order valence-corrected chi connectivity index (χ3v) is 7.33. The molecule has 1 aromatic carbocycles. The number of anilines is 1. The summed E-state index contributed by atoms with van der Waals surface area (Å²) in [6, 6.07) is 4.17. The van der Waals surface area contributed by atoms with E-state index in [0.717, 1.165) is 23.5 Å². The van der Waals surface area contributed by atoms with Crippen molar-refractivity contribution in [1.29, 1.82) is 0 Å². The fourth-order valence-electron chi connectivity index (χ4n) is 4.10. The molecule has 9 heteroatoms. The Labute approximate surface area is 196 Å². The van der Waals surface area contributed by atoms with Crippen LogP contribution in [0, 0.1) is 13.8 Å². The fourth-order valence-corrected chi connectivity index (χ4v) is 5.14. The van der Waals surface area contributed by atoms with E-state index in [1.54, 1.807) is 25.1 Å². The fraction of sp³-hybridized carbons (Fsp3) is 0.417. The van der Waals surface area contributed by atoms with Crippen LogP contribution in [-0.2, 0) is 11.3 Å². The smallest absolute Gasteiger partial charge is 0.263 e. The van der Waals surface area contributed by atoms with Crippen molar-refractivity contribution in [3.63, 3.8) is 0 Å². The summed E-state index contributed by atoms with van der Waals surface area (Å²) in [5.74, 6) is 0.598. The molecule has 2 aromatic heterocycles. The Bertz CT molecular complexity index is 1310. The molecule has 0 saturated heterocycles. The number of carbonyl (C=O) groups is 2. The zero-order chi connectivity index (χ0) is 23.9. The maximum atomic E-state index is 13.7. The molecule has 1 unspecified atom stereocenters. The molecule has 0 spiro atoms. The first kappa shape index (κ1) is 23.1. The second-order valence-corrected chi connectivity index (χ2v) is 9.42. The zero-order valence-electron chi connectivity index (χ0n) is 19.5. The van der Waals surface area contributed by atoms with Gasteiger partial charge in [-0.3, -0.25) is 23.9 Å². The number of carbonyl (C=O) groups excluding carboxylic acids is 2. The molecule has 174 valence electrons. The van der Waals surface area contributed by atoms with E-state index in [9.17, 15) is 14.4 Å². The van der Waals surface area contributed by atoms with Crippen LogP contribution < -0.4 is 15.6 Å². The normalized spacial score (nSPS) is 14.2. The molecule has 3 heterocycles. The Morgan fingerprint density at radius 2 is 2.00 bits per heavy atom. The number of rotatable bonds is 7. The van der Waals surface area contributed by atoms with Gasteiger partial charge in [-0.25, -0.2) is 4.98 Å². The second-order valence-electron chi connectivity index (χ2n) is 8.22. The maximum Gasteiger partial charge on any atom is 0.263 e. The van der Waals surface area contributed by atoms with Crippen LogP contribution in [-0.4, -0.2) is 45.8 Å². The van der Waals surface area contributed by atoms with Crippen LogP contribution in [0.1, 0.15) is 53.4 Å². The third-order valence-electron chi connectivity index (χ3n) is 6.23. The molecule has 0 saturated carbocycles. The molecule has 8 nitrogen and oxygen atoms in total. The summed E-state index contributed by atoms with van der Waals surface area (Å²) in [6.45, 7) is 11.8. The lowest BCUT2D eigenvalue weighted by molar-refractivity contribution is -0.118. The van der Waals surface area contributed by atoms with E-state index in [-0.39, 0.29) is 23.9 Å². The van der Waals surface area contributed by atoms with Gasteiger partial charge in [0, 0.05) is 10.4 Å². The van der Waals surface area contributed by atoms with Gasteiger partial charge in [0.2, 0.25) is 0 Å². The molecule has 1 aliphatic rings. The summed E-state index contributed by atoms with van der Waals surface area (Å²) < 4.78 is 6.93. The maximum absolute atomic E-state index is 13.7. The number of aromatic nitrogens is 2. The van der Waals surface area contributed by atoms with Crippen molar-refractivity contribution in [2.75, 3.05) is 25.0 Å². The lowest BCUT2D eigenvalue weighted by Gasteiger charge is -2.24. The topological polar surface area (TPSA) is 93.5 Å². The van der Waals surface area contributed by atoms with Gasteiger partial charge < -0.3 is 10.1 Å². The Morgan fingerprint density at radius 1 is 1.27 bits per heavy atom. The van der Waals surface area contributed by atoms with Crippen molar-refractivity contribution in [2.24, 2.45) is 0 Å². The number of fused-ring (bicyclic) bond motifs is 2. The van der Waals surface area contributed by atoms with E-state index in [0.29, 0.717) is 39.6 Å². The predicted molar refractivity (Wildman–Crippen MR) is 130 cm³/mol. The molecule has 1 N–H and O–H groups in total. The lowest BCUT2D eigenvalue weighted by atomic mass is 10.0. The molecule has 1 aliphatic heterocycles. The summed E-state index contributed by atoms with van der Waals surface area (Å²) in [5.41, 5.74) is 1.56. The van der Waals surface area contributed by atoms with Crippen LogP contribution in [0.3, 0.4) is 0 Å². The highest BCUT2D eigenvalue weighted by atomic mass is 32.1. The Kier molecular flexibility index (Phi) is 6.36. The van der Waals surface area contributed by atoms with Crippen molar-refractivity contribution in [3.8, 4) is 5.75 Å². The number of aryl methyl sites for hydroxylation is 2. The molecule has 0 bridgehead atoms. The number of hydrogen-bond donors (Lipinski definition) is 1. The minimum absolute atomic E-state index is 0.0497. The highest BCUT2D eigenvalue weighted by molar-refractivity contribution is 7.18. The van der Waals surface area contributed by atoms with Crippen LogP contribution in [0.25, 0.3) is 10.2 Å². The molecule has 1 amide bonds. The summed E-state index contributed by atoms with van der Waals surface area (Å²) >= 11 is 1.51. The lowest BCUT2D eigenvalue weighted by Crippen LogP contribution is -2.35. The Hall–Kier alpha value is -3.04. The molecule has 1 atom stereocenters. The quantitative estimate of drug-likeness (QED) is 0.532. The van der Waals surface area contributed by atoms with E-state index in [1.165, 1.54) is 15.9 Å². The van der Waals surface area contributed by atoms with Gasteiger partial charge in [-0.05, 0) is 57.6 Å². The van der Waals surface area contributed by atoms with E-state index in [1.807, 2.05) is 13.8 Å². The predicted octanol–water partition coefficient (Wildman–Crippen LogP) is 3.69. The minimum Gasteiger partial charge on any atom is -0.482 e. The van der Waals surface area contributed by atoms with E-state index >= 15 is 0 Å². The molecule has 3 aromatic rings. The summed E-state index contributed by atoms with van der Waals surface area (Å²) in [4.78, 5) is 47.6. The number of ether oxygens (including phenoxy) is 1.